The summed E-state index contributed by atoms with van der Waals surface area (Å²) in [4.78, 5) is 21.0. The molecule has 0 fully saturated rings. The number of benzene rings is 2. The maximum Gasteiger partial charge on any atom is 0.322 e. The van der Waals surface area contributed by atoms with E-state index in [9.17, 15) is 28.4 Å². The number of hydrogen-bond acceptors (Lipinski definition) is 5. The molecule has 2 N–H and O–H groups in total. The van der Waals surface area contributed by atoms with Crippen LogP contribution < -0.4 is 4.72 Å². The molecule has 0 saturated carbocycles. The summed E-state index contributed by atoms with van der Waals surface area (Å²) in [7, 11) is -4.41. The number of rotatable bonds is 7. The van der Waals surface area contributed by atoms with E-state index >= 15 is 0 Å². The van der Waals surface area contributed by atoms with Gasteiger partial charge in [-0.3, -0.25) is 14.9 Å². The minimum Gasteiger partial charge on any atom is -0.480 e. The van der Waals surface area contributed by atoms with Crippen molar-refractivity contribution < 1.29 is 23.2 Å². The highest BCUT2D eigenvalue weighted by molar-refractivity contribution is 7.89. The highest BCUT2D eigenvalue weighted by atomic mass is 35.5. The van der Waals surface area contributed by atoms with Crippen molar-refractivity contribution in [1.29, 1.82) is 0 Å². The van der Waals surface area contributed by atoms with Crippen LogP contribution in [0.3, 0.4) is 0 Å². The van der Waals surface area contributed by atoms with Gasteiger partial charge in [-0.1, -0.05) is 35.9 Å². The number of halogens is 1. The number of carboxylic acids is 1. The molecule has 0 aliphatic rings. The lowest BCUT2D eigenvalue weighted by atomic mass is 10.1. The van der Waals surface area contributed by atoms with E-state index in [0.717, 1.165) is 12.1 Å². The average Bonchev–Trinajstić information content (AvgIpc) is 2.56. The first-order chi connectivity index (χ1) is 11.7. The van der Waals surface area contributed by atoms with E-state index in [4.69, 9.17) is 11.6 Å². The molecule has 2 rings (SSSR count). The first-order valence-electron chi connectivity index (χ1n) is 6.93. The van der Waals surface area contributed by atoms with Crippen LogP contribution in [0.15, 0.2) is 53.4 Å². The lowest BCUT2D eigenvalue weighted by Crippen LogP contribution is -2.42. The molecule has 1 atom stereocenters. The van der Waals surface area contributed by atoms with Gasteiger partial charge in [-0.05, 0) is 30.2 Å². The van der Waals surface area contributed by atoms with Gasteiger partial charge in [0.2, 0.25) is 10.0 Å². The van der Waals surface area contributed by atoms with E-state index in [0.29, 0.717) is 10.6 Å². The van der Waals surface area contributed by atoms with E-state index in [1.807, 2.05) is 4.72 Å². The van der Waals surface area contributed by atoms with Crippen LogP contribution in [0.5, 0.6) is 0 Å². The fraction of sp³-hybridized carbons (Fsp3) is 0.133. The number of para-hydroxylation sites is 1. The molecule has 0 unspecified atom stereocenters. The Morgan fingerprint density at radius 3 is 2.36 bits per heavy atom. The van der Waals surface area contributed by atoms with Crippen molar-refractivity contribution in [3.63, 3.8) is 0 Å². The van der Waals surface area contributed by atoms with Crippen molar-refractivity contribution in [2.45, 2.75) is 17.4 Å². The zero-order valence-corrected chi connectivity index (χ0v) is 14.2. The van der Waals surface area contributed by atoms with E-state index in [1.165, 1.54) is 12.1 Å². The first kappa shape index (κ1) is 18.8. The van der Waals surface area contributed by atoms with Crippen LogP contribution in [-0.4, -0.2) is 30.5 Å². The quantitative estimate of drug-likeness (QED) is 0.556. The molecule has 0 bridgehead atoms. The zero-order chi connectivity index (χ0) is 18.6. The van der Waals surface area contributed by atoms with Gasteiger partial charge in [0.05, 0.1) is 4.92 Å². The number of sulfonamides is 1. The Kier molecular flexibility index (Phi) is 5.73. The Balaban J connectivity index is 2.31. The molecular weight excluding hydrogens is 372 g/mol. The average molecular weight is 385 g/mol. The van der Waals surface area contributed by atoms with Crippen LogP contribution >= 0.6 is 11.6 Å². The molecule has 10 heteroatoms. The number of hydrogen-bond donors (Lipinski definition) is 2. The fourth-order valence-electron chi connectivity index (χ4n) is 2.12. The van der Waals surface area contributed by atoms with E-state index in [-0.39, 0.29) is 6.42 Å². The van der Waals surface area contributed by atoms with E-state index < -0.39 is 37.5 Å². The van der Waals surface area contributed by atoms with Gasteiger partial charge < -0.3 is 5.11 Å². The van der Waals surface area contributed by atoms with Crippen molar-refractivity contribution in [3.8, 4) is 0 Å². The van der Waals surface area contributed by atoms with Crippen molar-refractivity contribution in [2.75, 3.05) is 0 Å². The molecule has 8 nitrogen and oxygen atoms in total. The predicted octanol–water partition coefficient (Wildman–Crippen LogP) is 2.22. The standard InChI is InChI=1S/C15H13ClN2O6S/c16-11-7-5-10(6-8-11)9-12(15(19)20)17-25(23,24)14-4-2-1-3-13(14)18(21)22/h1-8,12,17H,9H2,(H,19,20)/t12-/m1/s1. The van der Waals surface area contributed by atoms with Crippen molar-refractivity contribution in [1.82, 2.24) is 4.72 Å². The van der Waals surface area contributed by atoms with Gasteiger partial charge in [0, 0.05) is 11.1 Å². The maximum atomic E-state index is 12.4. The van der Waals surface area contributed by atoms with Crippen LogP contribution in [0.4, 0.5) is 5.69 Å². The number of nitro benzene ring substituents is 1. The second-order valence-electron chi connectivity index (χ2n) is 5.07. The predicted molar refractivity (Wildman–Crippen MR) is 90.0 cm³/mol. The van der Waals surface area contributed by atoms with Gasteiger partial charge in [-0.15, -0.1) is 0 Å². The Morgan fingerprint density at radius 1 is 1.20 bits per heavy atom. The number of nitrogens with one attached hydrogen (secondary N) is 1. The molecule has 0 aliphatic heterocycles. The molecule has 2 aromatic rings. The van der Waals surface area contributed by atoms with E-state index in [2.05, 4.69) is 0 Å². The van der Waals surface area contributed by atoms with Crippen LogP contribution in [0.1, 0.15) is 5.56 Å². The largest absolute Gasteiger partial charge is 0.480 e. The molecule has 0 saturated heterocycles. The Hall–Kier alpha value is -2.49. The summed E-state index contributed by atoms with van der Waals surface area (Å²) < 4.78 is 26.8. The minimum absolute atomic E-state index is 0.146. The number of aliphatic carboxylic acids is 1. The second kappa shape index (κ2) is 7.60. The van der Waals surface area contributed by atoms with Crippen LogP contribution in [0.2, 0.25) is 5.02 Å². The summed E-state index contributed by atoms with van der Waals surface area (Å²) in [5.41, 5.74) is -0.0901. The lowest BCUT2D eigenvalue weighted by molar-refractivity contribution is -0.387. The summed E-state index contributed by atoms with van der Waals surface area (Å²) in [6.45, 7) is 0. The van der Waals surface area contributed by atoms with Crippen molar-refractivity contribution in [2.24, 2.45) is 0 Å². The summed E-state index contributed by atoms with van der Waals surface area (Å²) >= 11 is 5.75. The molecule has 2 aromatic carbocycles. The number of carbonyl (C=O) groups is 1. The lowest BCUT2D eigenvalue weighted by Gasteiger charge is -2.15. The highest BCUT2D eigenvalue weighted by Crippen LogP contribution is 2.23. The van der Waals surface area contributed by atoms with Crippen LogP contribution in [0.25, 0.3) is 0 Å². The Bertz CT molecular complexity index is 898. The third-order valence-electron chi connectivity index (χ3n) is 3.30. The third kappa shape index (κ3) is 4.75. The van der Waals surface area contributed by atoms with Crippen LogP contribution in [-0.2, 0) is 21.2 Å². The van der Waals surface area contributed by atoms with Gasteiger partial charge in [0.25, 0.3) is 5.69 Å². The number of nitro groups is 1. The number of carboxylic acid groups (broad SMARTS) is 1. The topological polar surface area (TPSA) is 127 Å². The monoisotopic (exact) mass is 384 g/mol. The molecule has 0 aliphatic carbocycles. The smallest absolute Gasteiger partial charge is 0.322 e. The third-order valence-corrected chi connectivity index (χ3v) is 5.07. The molecule has 0 radical (unpaired) electrons. The second-order valence-corrected chi connectivity index (χ2v) is 7.19. The number of nitrogens with zero attached hydrogens (tertiary/aromatic N) is 1. The molecule has 132 valence electrons. The SMILES string of the molecule is O=C(O)[C@@H](Cc1ccc(Cl)cc1)NS(=O)(=O)c1ccccc1[N+](=O)[O-]. The minimum atomic E-state index is -4.41. The van der Waals surface area contributed by atoms with Gasteiger partial charge in [0.15, 0.2) is 4.90 Å². The van der Waals surface area contributed by atoms with Crippen molar-refractivity contribution in [3.05, 3.63) is 69.2 Å². The van der Waals surface area contributed by atoms with Gasteiger partial charge >= 0.3 is 5.97 Å². The van der Waals surface area contributed by atoms with Gasteiger partial charge in [0.1, 0.15) is 6.04 Å². The van der Waals surface area contributed by atoms with Gasteiger partial charge in [-0.25, -0.2) is 8.42 Å². The first-order valence-corrected chi connectivity index (χ1v) is 8.80. The summed E-state index contributed by atoms with van der Waals surface area (Å²) in [6.07, 6.45) is -0.146. The van der Waals surface area contributed by atoms with Gasteiger partial charge in [-0.2, -0.15) is 4.72 Å². The van der Waals surface area contributed by atoms with Crippen molar-refractivity contribution >= 4 is 33.3 Å². The zero-order valence-electron chi connectivity index (χ0n) is 12.6. The normalized spacial score (nSPS) is 12.5. The summed E-state index contributed by atoms with van der Waals surface area (Å²) in [5, 5.41) is 20.7. The van der Waals surface area contributed by atoms with E-state index in [1.54, 1.807) is 24.3 Å². The summed E-state index contributed by atoms with van der Waals surface area (Å²) in [6, 6.07) is 9.45. The summed E-state index contributed by atoms with van der Waals surface area (Å²) in [5.74, 6) is -1.41. The Morgan fingerprint density at radius 2 is 1.80 bits per heavy atom. The Labute approximate surface area is 148 Å². The highest BCUT2D eigenvalue weighted by Gasteiger charge is 2.30. The molecule has 0 spiro atoms. The molecule has 0 heterocycles. The molecule has 0 aromatic heterocycles. The fourth-order valence-corrected chi connectivity index (χ4v) is 3.61. The maximum absolute atomic E-state index is 12.4. The molecule has 0 amide bonds. The molecule has 25 heavy (non-hydrogen) atoms. The molecular formula is C15H13ClN2O6S. The van der Waals surface area contributed by atoms with Crippen LogP contribution in [0, 0.1) is 10.1 Å².